The maximum atomic E-state index is 13.1. The van der Waals surface area contributed by atoms with E-state index in [1.807, 2.05) is 78.9 Å². The highest BCUT2D eigenvalue weighted by Gasteiger charge is 2.21. The van der Waals surface area contributed by atoms with Crippen LogP contribution in [0.5, 0.6) is 0 Å². The van der Waals surface area contributed by atoms with Gasteiger partial charge >= 0.3 is 6.09 Å². The minimum atomic E-state index is -1.29. The van der Waals surface area contributed by atoms with Crippen molar-refractivity contribution in [3.63, 3.8) is 0 Å². The van der Waals surface area contributed by atoms with Crippen LogP contribution in [0.4, 0.5) is 21.9 Å². The van der Waals surface area contributed by atoms with Crippen molar-refractivity contribution in [1.82, 2.24) is 10.3 Å². The number of benzene rings is 4. The number of fused-ring (bicyclic) bond motifs is 2. The Bertz CT molecular complexity index is 1570. The van der Waals surface area contributed by atoms with E-state index in [0.717, 1.165) is 33.1 Å². The fraction of sp³-hybridized carbons (Fsp3) is 0.100. The SMILES string of the molecule is O=C(O)NC(Cc1ccccc1)C(=O)Nc1cc(CO)cc(Nc2c3ccccc3nc3ccccc23)c1. The molecule has 0 fully saturated rings. The van der Waals surface area contributed by atoms with Crippen LogP contribution in [-0.4, -0.2) is 33.2 Å². The molecule has 0 aliphatic heterocycles. The molecule has 1 unspecified atom stereocenters. The molecular formula is C30H26N4O4. The number of aliphatic hydroxyl groups excluding tert-OH is 1. The molecule has 0 aliphatic rings. The molecule has 0 spiro atoms. The lowest BCUT2D eigenvalue weighted by Gasteiger charge is -2.19. The van der Waals surface area contributed by atoms with E-state index in [1.54, 1.807) is 18.2 Å². The summed E-state index contributed by atoms with van der Waals surface area (Å²) in [4.78, 5) is 29.3. The van der Waals surface area contributed by atoms with Crippen LogP contribution in [0.3, 0.4) is 0 Å². The minimum absolute atomic E-state index is 0.193. The molecule has 0 saturated heterocycles. The van der Waals surface area contributed by atoms with Gasteiger partial charge in [0.15, 0.2) is 0 Å². The first-order valence-corrected chi connectivity index (χ1v) is 12.1. The summed E-state index contributed by atoms with van der Waals surface area (Å²) < 4.78 is 0. The second-order valence-electron chi connectivity index (χ2n) is 8.90. The van der Waals surface area contributed by atoms with Gasteiger partial charge in [-0.05, 0) is 41.5 Å². The van der Waals surface area contributed by atoms with Crippen molar-refractivity contribution in [3.05, 3.63) is 108 Å². The first kappa shape index (κ1) is 24.7. The van der Waals surface area contributed by atoms with Gasteiger partial charge in [-0.1, -0.05) is 66.7 Å². The number of para-hydroxylation sites is 2. The van der Waals surface area contributed by atoms with E-state index in [9.17, 15) is 19.8 Å². The Labute approximate surface area is 219 Å². The van der Waals surface area contributed by atoms with Crippen molar-refractivity contribution >= 4 is 50.9 Å². The highest BCUT2D eigenvalue weighted by Crippen LogP contribution is 2.34. The number of nitrogens with one attached hydrogen (secondary N) is 3. The predicted octanol–water partition coefficient (Wildman–Crippen LogP) is 5.44. The standard InChI is InChI=1S/C30H26N4O4/c35-18-20-14-21(31-28-23-10-4-6-12-25(23)33-26-13-7-5-11-24(26)28)17-22(15-20)32-29(36)27(34-30(37)38)16-19-8-2-1-3-9-19/h1-15,17,27,34-35H,16,18H2,(H,31,33)(H,32,36)(H,37,38). The first-order valence-electron chi connectivity index (χ1n) is 12.1. The summed E-state index contributed by atoms with van der Waals surface area (Å²) in [5, 5.41) is 29.7. The van der Waals surface area contributed by atoms with E-state index in [0.29, 0.717) is 16.9 Å². The average molecular weight is 507 g/mol. The molecule has 0 radical (unpaired) electrons. The van der Waals surface area contributed by atoms with E-state index in [4.69, 9.17) is 4.98 Å². The number of carboxylic acid groups (broad SMARTS) is 1. The molecule has 8 heteroatoms. The van der Waals surface area contributed by atoms with Crippen LogP contribution in [-0.2, 0) is 17.8 Å². The maximum absolute atomic E-state index is 13.1. The molecule has 0 aliphatic carbocycles. The fourth-order valence-electron chi connectivity index (χ4n) is 4.48. The van der Waals surface area contributed by atoms with Crippen molar-refractivity contribution in [3.8, 4) is 0 Å². The lowest BCUT2D eigenvalue weighted by atomic mass is 10.0. The zero-order valence-corrected chi connectivity index (χ0v) is 20.4. The first-order chi connectivity index (χ1) is 18.5. The number of aliphatic hydroxyl groups is 1. The average Bonchev–Trinajstić information content (AvgIpc) is 2.92. The topological polar surface area (TPSA) is 124 Å². The zero-order valence-electron chi connectivity index (χ0n) is 20.4. The van der Waals surface area contributed by atoms with Gasteiger partial charge in [-0.2, -0.15) is 0 Å². The summed E-state index contributed by atoms with van der Waals surface area (Å²) in [5.74, 6) is -0.503. The largest absolute Gasteiger partial charge is 0.465 e. The van der Waals surface area contributed by atoms with Crippen LogP contribution in [0, 0.1) is 0 Å². The van der Waals surface area contributed by atoms with Crippen molar-refractivity contribution < 1.29 is 19.8 Å². The quantitative estimate of drug-likeness (QED) is 0.179. The smallest absolute Gasteiger partial charge is 0.405 e. The van der Waals surface area contributed by atoms with Gasteiger partial charge in [0.1, 0.15) is 6.04 Å². The number of anilines is 3. The van der Waals surface area contributed by atoms with Crippen molar-refractivity contribution in [2.24, 2.45) is 0 Å². The Balaban J connectivity index is 1.47. The Morgan fingerprint density at radius 3 is 2.00 bits per heavy atom. The Morgan fingerprint density at radius 1 is 0.763 bits per heavy atom. The molecule has 5 aromatic rings. The molecule has 1 aromatic heterocycles. The Hall–Kier alpha value is -4.95. The van der Waals surface area contributed by atoms with E-state index in [1.165, 1.54) is 0 Å². The number of aromatic nitrogens is 1. The van der Waals surface area contributed by atoms with Gasteiger partial charge in [-0.3, -0.25) is 4.79 Å². The number of amides is 2. The summed E-state index contributed by atoms with van der Waals surface area (Å²) >= 11 is 0. The third-order valence-corrected chi connectivity index (χ3v) is 6.20. The third kappa shape index (κ3) is 5.55. The molecule has 1 atom stereocenters. The van der Waals surface area contributed by atoms with Crippen LogP contribution in [0.1, 0.15) is 11.1 Å². The van der Waals surface area contributed by atoms with Crippen molar-refractivity contribution in [2.75, 3.05) is 10.6 Å². The number of hydrogen-bond donors (Lipinski definition) is 5. The number of hydrogen-bond acceptors (Lipinski definition) is 5. The van der Waals surface area contributed by atoms with Crippen molar-refractivity contribution in [2.45, 2.75) is 19.1 Å². The van der Waals surface area contributed by atoms with Gasteiger partial charge in [-0.15, -0.1) is 0 Å². The molecule has 190 valence electrons. The molecule has 5 N–H and O–H groups in total. The van der Waals surface area contributed by atoms with Gasteiger partial charge in [0.2, 0.25) is 5.91 Å². The molecule has 38 heavy (non-hydrogen) atoms. The van der Waals surface area contributed by atoms with E-state index in [-0.39, 0.29) is 13.0 Å². The molecule has 4 aromatic carbocycles. The number of carbonyl (C=O) groups excluding carboxylic acids is 1. The highest BCUT2D eigenvalue weighted by atomic mass is 16.4. The monoisotopic (exact) mass is 506 g/mol. The number of pyridine rings is 1. The zero-order chi connectivity index (χ0) is 26.5. The minimum Gasteiger partial charge on any atom is -0.465 e. The number of carbonyl (C=O) groups is 2. The third-order valence-electron chi connectivity index (χ3n) is 6.20. The second kappa shape index (κ2) is 11.0. The molecule has 1 heterocycles. The van der Waals surface area contributed by atoms with E-state index < -0.39 is 18.0 Å². The van der Waals surface area contributed by atoms with Gasteiger partial charge in [-0.25, -0.2) is 9.78 Å². The molecule has 5 rings (SSSR count). The van der Waals surface area contributed by atoms with Gasteiger partial charge in [0.05, 0.1) is 23.3 Å². The number of nitrogens with zero attached hydrogens (tertiary/aromatic N) is 1. The van der Waals surface area contributed by atoms with Crippen molar-refractivity contribution in [1.29, 1.82) is 0 Å². The lowest BCUT2D eigenvalue weighted by molar-refractivity contribution is -0.118. The summed E-state index contributed by atoms with van der Waals surface area (Å²) in [5.41, 5.74) is 5.01. The van der Waals surface area contributed by atoms with Crippen LogP contribution >= 0.6 is 0 Å². The molecular weight excluding hydrogens is 480 g/mol. The summed E-state index contributed by atoms with van der Waals surface area (Å²) in [6.07, 6.45) is -1.09. The molecule has 8 nitrogen and oxygen atoms in total. The van der Waals surface area contributed by atoms with E-state index >= 15 is 0 Å². The van der Waals surface area contributed by atoms with Crippen LogP contribution in [0.2, 0.25) is 0 Å². The Morgan fingerprint density at radius 2 is 1.37 bits per heavy atom. The summed E-state index contributed by atoms with van der Waals surface area (Å²) in [7, 11) is 0. The number of rotatable bonds is 8. The summed E-state index contributed by atoms with van der Waals surface area (Å²) in [6.45, 7) is -0.239. The Kier molecular flexibility index (Phi) is 7.15. The van der Waals surface area contributed by atoms with Crippen LogP contribution in [0.15, 0.2) is 97.1 Å². The highest BCUT2D eigenvalue weighted by molar-refractivity contribution is 6.08. The maximum Gasteiger partial charge on any atom is 0.405 e. The fourth-order valence-corrected chi connectivity index (χ4v) is 4.48. The second-order valence-corrected chi connectivity index (χ2v) is 8.90. The van der Waals surface area contributed by atoms with Crippen LogP contribution in [0.25, 0.3) is 21.8 Å². The molecule has 2 amide bonds. The summed E-state index contributed by atoms with van der Waals surface area (Å²) in [6, 6.07) is 29.0. The molecule has 0 bridgehead atoms. The van der Waals surface area contributed by atoms with Crippen LogP contribution < -0.4 is 16.0 Å². The van der Waals surface area contributed by atoms with E-state index in [2.05, 4.69) is 16.0 Å². The van der Waals surface area contributed by atoms with Gasteiger partial charge in [0, 0.05) is 28.6 Å². The molecule has 0 saturated carbocycles. The normalized spacial score (nSPS) is 11.7. The van der Waals surface area contributed by atoms with Gasteiger partial charge in [0.25, 0.3) is 0 Å². The lowest BCUT2D eigenvalue weighted by Crippen LogP contribution is -2.44. The van der Waals surface area contributed by atoms with Gasteiger partial charge < -0.3 is 26.2 Å². The predicted molar refractivity (Wildman–Crippen MR) is 149 cm³/mol.